The first-order valence-electron chi connectivity index (χ1n) is 8.49. The Balaban J connectivity index is 1.67. The second-order valence-electron chi connectivity index (χ2n) is 6.49. The van der Waals surface area contributed by atoms with Gasteiger partial charge in [-0.2, -0.15) is 11.3 Å². The molecule has 1 aromatic carbocycles. The standard InChI is InChI=1S/C19H23N3O3S/c1-13-19(24)22(15-6-4-5-7-17(15)25-13)11-18(23)20-10-16(21(2)3)14-8-9-26-12-14/h4-9,12-13,16H,10-11H2,1-3H3,(H,20,23)/t13-,16-/m0/s1. The molecule has 2 atom stereocenters. The number of amides is 2. The van der Waals surface area contributed by atoms with E-state index in [1.165, 1.54) is 10.5 Å². The number of thiophene rings is 1. The van der Waals surface area contributed by atoms with Crippen LogP contribution in [0.3, 0.4) is 0 Å². The van der Waals surface area contributed by atoms with Crippen LogP contribution in [0.25, 0.3) is 0 Å². The average Bonchev–Trinajstić information content (AvgIpc) is 3.13. The van der Waals surface area contributed by atoms with E-state index in [2.05, 4.69) is 21.7 Å². The molecule has 0 aliphatic carbocycles. The Morgan fingerprint density at radius 3 is 2.81 bits per heavy atom. The van der Waals surface area contributed by atoms with Gasteiger partial charge < -0.3 is 15.0 Å². The summed E-state index contributed by atoms with van der Waals surface area (Å²) in [6, 6.07) is 9.43. The highest BCUT2D eigenvalue weighted by Crippen LogP contribution is 2.33. The van der Waals surface area contributed by atoms with Crippen molar-refractivity contribution in [3.05, 3.63) is 46.7 Å². The summed E-state index contributed by atoms with van der Waals surface area (Å²) in [5.41, 5.74) is 1.80. The molecule has 0 bridgehead atoms. The van der Waals surface area contributed by atoms with Gasteiger partial charge in [0.25, 0.3) is 5.91 Å². The minimum absolute atomic E-state index is 0.0205. The number of benzene rings is 1. The van der Waals surface area contributed by atoms with Crippen molar-refractivity contribution in [3.63, 3.8) is 0 Å². The van der Waals surface area contributed by atoms with Crippen molar-refractivity contribution in [1.82, 2.24) is 10.2 Å². The van der Waals surface area contributed by atoms with Crippen LogP contribution in [0.5, 0.6) is 5.75 Å². The van der Waals surface area contributed by atoms with E-state index in [-0.39, 0.29) is 24.4 Å². The molecule has 6 nitrogen and oxygen atoms in total. The number of ether oxygens (including phenoxy) is 1. The van der Waals surface area contributed by atoms with Crippen molar-refractivity contribution >= 4 is 28.8 Å². The number of anilines is 1. The van der Waals surface area contributed by atoms with Gasteiger partial charge in [0.15, 0.2) is 6.10 Å². The molecule has 0 fully saturated rings. The molecule has 0 radical (unpaired) electrons. The van der Waals surface area contributed by atoms with Gasteiger partial charge in [-0.05, 0) is 55.5 Å². The molecule has 2 amide bonds. The molecule has 0 unspecified atom stereocenters. The quantitative estimate of drug-likeness (QED) is 0.844. The number of hydrogen-bond donors (Lipinski definition) is 1. The molecule has 2 aromatic rings. The third-order valence-corrected chi connectivity index (χ3v) is 5.12. The molecule has 1 N–H and O–H groups in total. The summed E-state index contributed by atoms with van der Waals surface area (Å²) in [5.74, 6) is 0.224. The molecule has 138 valence electrons. The van der Waals surface area contributed by atoms with Crippen molar-refractivity contribution < 1.29 is 14.3 Å². The zero-order valence-electron chi connectivity index (χ0n) is 15.1. The first-order valence-corrected chi connectivity index (χ1v) is 9.44. The minimum Gasteiger partial charge on any atom is -0.479 e. The Bertz CT molecular complexity index is 776. The third kappa shape index (κ3) is 3.89. The minimum atomic E-state index is -0.599. The van der Waals surface area contributed by atoms with Crippen LogP contribution in [0.15, 0.2) is 41.1 Å². The van der Waals surface area contributed by atoms with E-state index >= 15 is 0 Å². The molecule has 2 heterocycles. The van der Waals surface area contributed by atoms with Crippen molar-refractivity contribution in [1.29, 1.82) is 0 Å². The van der Waals surface area contributed by atoms with Crippen molar-refractivity contribution in [2.24, 2.45) is 0 Å². The highest BCUT2D eigenvalue weighted by Gasteiger charge is 2.32. The molecule has 0 saturated carbocycles. The molecular formula is C19H23N3O3S. The van der Waals surface area contributed by atoms with Gasteiger partial charge in [-0.1, -0.05) is 12.1 Å². The molecule has 1 aromatic heterocycles. The molecule has 0 spiro atoms. The van der Waals surface area contributed by atoms with Crippen LogP contribution in [0.4, 0.5) is 5.69 Å². The monoisotopic (exact) mass is 373 g/mol. The lowest BCUT2D eigenvalue weighted by atomic mass is 10.1. The van der Waals surface area contributed by atoms with Gasteiger partial charge in [0.05, 0.1) is 11.7 Å². The highest BCUT2D eigenvalue weighted by molar-refractivity contribution is 7.07. The number of rotatable bonds is 6. The van der Waals surface area contributed by atoms with E-state index in [4.69, 9.17) is 4.74 Å². The summed E-state index contributed by atoms with van der Waals surface area (Å²) >= 11 is 1.63. The van der Waals surface area contributed by atoms with E-state index in [0.29, 0.717) is 18.0 Å². The number of nitrogens with zero attached hydrogens (tertiary/aromatic N) is 2. The summed E-state index contributed by atoms with van der Waals surface area (Å²) in [4.78, 5) is 28.5. The van der Waals surface area contributed by atoms with Gasteiger partial charge in [0.1, 0.15) is 12.3 Å². The predicted octanol–water partition coefficient (Wildman–Crippen LogP) is 2.28. The van der Waals surface area contributed by atoms with E-state index in [1.54, 1.807) is 24.3 Å². The van der Waals surface area contributed by atoms with Crippen LogP contribution in [0.2, 0.25) is 0 Å². The smallest absolute Gasteiger partial charge is 0.268 e. The Morgan fingerprint density at radius 2 is 2.12 bits per heavy atom. The lowest BCUT2D eigenvalue weighted by Crippen LogP contribution is -2.49. The Hall–Kier alpha value is -2.38. The molecule has 3 rings (SSSR count). The maximum Gasteiger partial charge on any atom is 0.268 e. The van der Waals surface area contributed by atoms with Crippen LogP contribution in [0, 0.1) is 0 Å². The van der Waals surface area contributed by atoms with Gasteiger partial charge in [0, 0.05) is 6.54 Å². The fourth-order valence-corrected chi connectivity index (χ4v) is 3.70. The predicted molar refractivity (Wildman–Crippen MR) is 103 cm³/mol. The van der Waals surface area contributed by atoms with Gasteiger partial charge in [-0.15, -0.1) is 0 Å². The first kappa shape index (κ1) is 18.4. The summed E-state index contributed by atoms with van der Waals surface area (Å²) in [6.07, 6.45) is -0.599. The number of hydrogen-bond acceptors (Lipinski definition) is 5. The van der Waals surface area contributed by atoms with Crippen molar-refractivity contribution in [3.8, 4) is 5.75 Å². The van der Waals surface area contributed by atoms with Gasteiger partial charge >= 0.3 is 0 Å². The topological polar surface area (TPSA) is 61.9 Å². The molecule has 26 heavy (non-hydrogen) atoms. The van der Waals surface area contributed by atoms with Crippen LogP contribution in [-0.2, 0) is 9.59 Å². The van der Waals surface area contributed by atoms with Crippen LogP contribution >= 0.6 is 11.3 Å². The van der Waals surface area contributed by atoms with E-state index < -0.39 is 6.10 Å². The van der Waals surface area contributed by atoms with E-state index in [0.717, 1.165) is 0 Å². The van der Waals surface area contributed by atoms with Crippen LogP contribution in [-0.4, -0.2) is 50.0 Å². The molecule has 7 heteroatoms. The fraction of sp³-hybridized carbons (Fsp3) is 0.368. The zero-order valence-corrected chi connectivity index (χ0v) is 16.0. The van der Waals surface area contributed by atoms with Gasteiger partial charge in [-0.25, -0.2) is 0 Å². The Labute approximate surface area is 157 Å². The van der Waals surface area contributed by atoms with Crippen LogP contribution in [0.1, 0.15) is 18.5 Å². The zero-order chi connectivity index (χ0) is 18.7. The second kappa shape index (κ2) is 7.88. The largest absolute Gasteiger partial charge is 0.479 e. The first-order chi connectivity index (χ1) is 12.5. The number of fused-ring (bicyclic) bond motifs is 1. The number of carbonyl (C=O) groups is 2. The van der Waals surface area contributed by atoms with E-state index in [1.807, 2.05) is 37.7 Å². The summed E-state index contributed by atoms with van der Waals surface area (Å²) in [6.45, 7) is 2.16. The second-order valence-corrected chi connectivity index (χ2v) is 7.27. The summed E-state index contributed by atoms with van der Waals surface area (Å²) in [5, 5.41) is 7.06. The average molecular weight is 373 g/mol. The van der Waals surface area contributed by atoms with Crippen molar-refractivity contribution in [2.75, 3.05) is 32.1 Å². The molecular weight excluding hydrogens is 350 g/mol. The maximum absolute atomic E-state index is 12.5. The van der Waals surface area contributed by atoms with Gasteiger partial charge in [0.2, 0.25) is 5.91 Å². The normalized spacial score (nSPS) is 17.6. The lowest BCUT2D eigenvalue weighted by molar-refractivity contribution is -0.128. The SMILES string of the molecule is C[C@@H]1Oc2ccccc2N(CC(=O)NC[C@@H](c2ccsc2)N(C)C)C1=O. The van der Waals surface area contributed by atoms with Crippen molar-refractivity contribution in [2.45, 2.75) is 19.1 Å². The summed E-state index contributed by atoms with van der Waals surface area (Å²) in [7, 11) is 3.97. The number of para-hydroxylation sites is 2. The highest BCUT2D eigenvalue weighted by atomic mass is 32.1. The van der Waals surface area contributed by atoms with Gasteiger partial charge in [-0.3, -0.25) is 14.5 Å². The lowest BCUT2D eigenvalue weighted by Gasteiger charge is -2.32. The Morgan fingerprint density at radius 1 is 1.35 bits per heavy atom. The fourth-order valence-electron chi connectivity index (χ4n) is 3.00. The van der Waals surface area contributed by atoms with E-state index in [9.17, 15) is 9.59 Å². The maximum atomic E-state index is 12.5. The Kier molecular flexibility index (Phi) is 5.58. The third-order valence-electron chi connectivity index (χ3n) is 4.42. The summed E-state index contributed by atoms with van der Waals surface area (Å²) < 4.78 is 5.61. The number of nitrogens with one attached hydrogen (secondary N) is 1. The van der Waals surface area contributed by atoms with Crippen LogP contribution < -0.4 is 15.0 Å². The number of likely N-dealkylation sites (N-methyl/N-ethyl adjacent to an activating group) is 1. The molecule has 1 aliphatic heterocycles. The molecule has 0 saturated heterocycles. The molecule has 1 aliphatic rings. The number of carbonyl (C=O) groups excluding carboxylic acids is 2.